The molecule has 0 spiro atoms. The molecule has 4 nitrogen and oxygen atoms in total. The smallest absolute Gasteiger partial charge is 0.359 e. The number of alkyl halides is 2. The summed E-state index contributed by atoms with van der Waals surface area (Å²) in [5.41, 5.74) is -1.57. The number of pyridine rings is 1. The van der Waals surface area contributed by atoms with Crippen LogP contribution in [0.25, 0.3) is 0 Å². The first-order valence-corrected chi connectivity index (χ1v) is 4.12. The number of carbonyl (C=O) groups excluding carboxylic acids is 1. The Morgan fingerprint density at radius 3 is 2.50 bits per heavy atom. The maximum atomic E-state index is 13.4. The molecular weight excluding hydrogens is 227 g/mol. The molecule has 7 heteroatoms. The molecule has 1 rings (SSSR count). The van der Waals surface area contributed by atoms with Gasteiger partial charge >= 0.3 is 5.97 Å². The van der Waals surface area contributed by atoms with Crippen LogP contribution in [0, 0.1) is 5.82 Å². The van der Waals surface area contributed by atoms with Gasteiger partial charge in [-0.3, -0.25) is 0 Å². The lowest BCUT2D eigenvalue weighted by atomic mass is 10.2. The van der Waals surface area contributed by atoms with Crippen LogP contribution in [0.15, 0.2) is 6.07 Å². The molecule has 0 amide bonds. The highest BCUT2D eigenvalue weighted by Gasteiger charge is 2.23. The van der Waals surface area contributed by atoms with E-state index in [1.165, 1.54) is 0 Å². The third kappa shape index (κ3) is 2.23. The summed E-state index contributed by atoms with van der Waals surface area (Å²) in [6, 6.07) is 0.729. The molecule has 16 heavy (non-hydrogen) atoms. The SMILES string of the molecule is COC(=O)c1nc(C(F)F)cc(OC)c1F. The second kappa shape index (κ2) is 4.82. The minimum Gasteiger partial charge on any atom is -0.494 e. The first kappa shape index (κ1) is 12.3. The van der Waals surface area contributed by atoms with Gasteiger partial charge in [-0.15, -0.1) is 0 Å². The van der Waals surface area contributed by atoms with Gasteiger partial charge in [0.2, 0.25) is 0 Å². The third-order valence-corrected chi connectivity index (χ3v) is 1.77. The minimum absolute atomic E-state index is 0.481. The zero-order chi connectivity index (χ0) is 12.3. The van der Waals surface area contributed by atoms with E-state index >= 15 is 0 Å². The Hall–Kier alpha value is -1.79. The molecule has 88 valence electrons. The van der Waals surface area contributed by atoms with Gasteiger partial charge in [0, 0.05) is 6.07 Å². The lowest BCUT2D eigenvalue weighted by Gasteiger charge is -2.08. The molecule has 1 aromatic rings. The first-order chi connectivity index (χ1) is 7.51. The van der Waals surface area contributed by atoms with Crippen molar-refractivity contribution >= 4 is 5.97 Å². The number of ether oxygens (including phenoxy) is 2. The number of hydrogen-bond acceptors (Lipinski definition) is 4. The second-order valence-corrected chi connectivity index (χ2v) is 2.70. The quantitative estimate of drug-likeness (QED) is 0.751. The van der Waals surface area contributed by atoms with E-state index in [0.29, 0.717) is 0 Å². The zero-order valence-corrected chi connectivity index (χ0v) is 8.46. The van der Waals surface area contributed by atoms with Gasteiger partial charge in [0.25, 0.3) is 6.43 Å². The normalized spacial score (nSPS) is 10.4. The lowest BCUT2D eigenvalue weighted by molar-refractivity contribution is 0.0585. The van der Waals surface area contributed by atoms with Crippen LogP contribution in [0.4, 0.5) is 13.2 Å². The van der Waals surface area contributed by atoms with E-state index in [-0.39, 0.29) is 0 Å². The van der Waals surface area contributed by atoms with E-state index in [9.17, 15) is 18.0 Å². The average molecular weight is 235 g/mol. The topological polar surface area (TPSA) is 48.4 Å². The predicted molar refractivity (Wildman–Crippen MR) is 47.0 cm³/mol. The summed E-state index contributed by atoms with van der Waals surface area (Å²) >= 11 is 0. The zero-order valence-electron chi connectivity index (χ0n) is 8.46. The fourth-order valence-electron chi connectivity index (χ4n) is 1.02. The van der Waals surface area contributed by atoms with Gasteiger partial charge in [-0.05, 0) is 0 Å². The Morgan fingerprint density at radius 2 is 2.06 bits per heavy atom. The Labute approximate surface area is 89.0 Å². The minimum atomic E-state index is -2.93. The van der Waals surface area contributed by atoms with Gasteiger partial charge in [0.1, 0.15) is 5.69 Å². The highest BCUT2D eigenvalue weighted by atomic mass is 19.3. The average Bonchev–Trinajstić information content (AvgIpc) is 2.28. The maximum absolute atomic E-state index is 13.4. The van der Waals surface area contributed by atoms with Crippen molar-refractivity contribution in [1.82, 2.24) is 4.98 Å². The van der Waals surface area contributed by atoms with Gasteiger partial charge in [-0.1, -0.05) is 0 Å². The first-order valence-electron chi connectivity index (χ1n) is 4.12. The Balaban J connectivity index is 3.35. The van der Waals surface area contributed by atoms with E-state index < -0.39 is 35.3 Å². The van der Waals surface area contributed by atoms with Crippen LogP contribution >= 0.6 is 0 Å². The Bertz CT molecular complexity index is 409. The number of nitrogens with zero attached hydrogens (tertiary/aromatic N) is 1. The number of halogens is 3. The van der Waals surface area contributed by atoms with Crippen molar-refractivity contribution in [2.24, 2.45) is 0 Å². The van der Waals surface area contributed by atoms with E-state index in [1.54, 1.807) is 0 Å². The van der Waals surface area contributed by atoms with Crippen LogP contribution in [0.2, 0.25) is 0 Å². The van der Waals surface area contributed by atoms with Crippen LogP contribution in [-0.2, 0) is 4.74 Å². The fourth-order valence-corrected chi connectivity index (χ4v) is 1.02. The number of carbonyl (C=O) groups is 1. The van der Waals surface area contributed by atoms with E-state index in [0.717, 1.165) is 20.3 Å². The van der Waals surface area contributed by atoms with Crippen molar-refractivity contribution in [3.05, 3.63) is 23.3 Å². The van der Waals surface area contributed by atoms with Gasteiger partial charge in [-0.25, -0.2) is 22.9 Å². The number of esters is 1. The van der Waals surface area contributed by atoms with Gasteiger partial charge in [0.05, 0.1) is 14.2 Å². The summed E-state index contributed by atoms with van der Waals surface area (Å²) in [6.07, 6.45) is -2.93. The van der Waals surface area contributed by atoms with E-state index in [1.807, 2.05) is 0 Å². The molecular formula is C9H8F3NO3. The molecule has 0 aliphatic rings. The Morgan fingerprint density at radius 1 is 1.44 bits per heavy atom. The summed E-state index contributed by atoms with van der Waals surface area (Å²) in [7, 11) is 2.08. The molecule has 0 atom stereocenters. The molecule has 0 saturated heterocycles. The van der Waals surface area contributed by atoms with E-state index in [2.05, 4.69) is 14.5 Å². The number of methoxy groups -OCH3 is 2. The number of hydrogen-bond donors (Lipinski definition) is 0. The maximum Gasteiger partial charge on any atom is 0.359 e. The van der Waals surface area contributed by atoms with E-state index in [4.69, 9.17) is 0 Å². The van der Waals surface area contributed by atoms with Gasteiger partial charge < -0.3 is 9.47 Å². The highest BCUT2D eigenvalue weighted by molar-refractivity contribution is 5.88. The molecule has 1 aromatic heterocycles. The van der Waals surface area contributed by atoms with Crippen LogP contribution in [0.5, 0.6) is 5.75 Å². The molecule has 0 bridgehead atoms. The van der Waals surface area contributed by atoms with Gasteiger partial charge in [-0.2, -0.15) is 0 Å². The molecule has 0 N–H and O–H groups in total. The molecule has 0 unspecified atom stereocenters. The van der Waals surface area contributed by atoms with Crippen molar-refractivity contribution < 1.29 is 27.4 Å². The summed E-state index contributed by atoms with van der Waals surface area (Å²) in [5, 5.41) is 0. The molecule has 0 aliphatic carbocycles. The third-order valence-electron chi connectivity index (χ3n) is 1.77. The van der Waals surface area contributed by atoms with Crippen molar-refractivity contribution in [3.63, 3.8) is 0 Å². The Kier molecular flexibility index (Phi) is 3.70. The van der Waals surface area contributed by atoms with Crippen LogP contribution in [0.1, 0.15) is 22.6 Å². The molecule has 0 fully saturated rings. The predicted octanol–water partition coefficient (Wildman–Crippen LogP) is 1.95. The van der Waals surface area contributed by atoms with Crippen LogP contribution in [0.3, 0.4) is 0 Å². The molecule has 0 radical (unpaired) electrons. The molecule has 0 aromatic carbocycles. The molecule has 0 aliphatic heterocycles. The van der Waals surface area contributed by atoms with Crippen molar-refractivity contribution in [2.75, 3.05) is 14.2 Å². The number of aromatic nitrogens is 1. The lowest BCUT2D eigenvalue weighted by Crippen LogP contribution is -2.11. The summed E-state index contributed by atoms with van der Waals surface area (Å²) in [4.78, 5) is 14.2. The standard InChI is InChI=1S/C9H8F3NO3/c1-15-5-3-4(8(11)12)13-7(6(5)10)9(14)16-2/h3,8H,1-2H3. The summed E-state index contributed by atoms with van der Waals surface area (Å²) < 4.78 is 46.9. The van der Waals surface area contributed by atoms with Crippen molar-refractivity contribution in [1.29, 1.82) is 0 Å². The number of rotatable bonds is 3. The summed E-state index contributed by atoms with van der Waals surface area (Å²) in [6.45, 7) is 0. The van der Waals surface area contributed by atoms with Crippen LogP contribution < -0.4 is 4.74 Å². The largest absolute Gasteiger partial charge is 0.494 e. The van der Waals surface area contributed by atoms with Crippen molar-refractivity contribution in [3.8, 4) is 5.75 Å². The molecule has 0 saturated carbocycles. The fraction of sp³-hybridized carbons (Fsp3) is 0.333. The summed E-state index contributed by atoms with van der Waals surface area (Å²) in [5.74, 6) is -2.75. The monoisotopic (exact) mass is 235 g/mol. The van der Waals surface area contributed by atoms with Crippen molar-refractivity contribution in [2.45, 2.75) is 6.43 Å². The molecule has 1 heterocycles. The van der Waals surface area contributed by atoms with Gasteiger partial charge in [0.15, 0.2) is 17.3 Å². The highest BCUT2D eigenvalue weighted by Crippen LogP contribution is 2.26. The second-order valence-electron chi connectivity index (χ2n) is 2.70. The van der Waals surface area contributed by atoms with Crippen LogP contribution in [-0.4, -0.2) is 25.2 Å².